The van der Waals surface area contributed by atoms with Gasteiger partial charge in [-0.05, 0) is 42.8 Å². The number of nitrogens with zero attached hydrogens (tertiary/aromatic N) is 2. The second kappa shape index (κ2) is 9.08. The topological polar surface area (TPSA) is 108 Å². The molecule has 3 aromatic rings. The third-order valence-corrected chi connectivity index (χ3v) is 4.31. The summed E-state index contributed by atoms with van der Waals surface area (Å²) in [6, 6.07) is 10.8. The Hall–Kier alpha value is -3.88. The molecule has 0 aliphatic carbocycles. The Bertz CT molecular complexity index is 1060. The van der Waals surface area contributed by atoms with Crippen LogP contribution < -0.4 is 15.8 Å². The molecule has 156 valence electrons. The van der Waals surface area contributed by atoms with Crippen LogP contribution in [0.15, 0.2) is 48.7 Å². The van der Waals surface area contributed by atoms with Crippen LogP contribution in [0.1, 0.15) is 33.3 Å². The van der Waals surface area contributed by atoms with Crippen molar-refractivity contribution < 1.29 is 23.5 Å². The first-order chi connectivity index (χ1) is 14.4. The highest BCUT2D eigenvalue weighted by molar-refractivity contribution is 5.97. The summed E-state index contributed by atoms with van der Waals surface area (Å²) in [6.07, 6.45) is 1.38. The third-order valence-electron chi connectivity index (χ3n) is 4.31. The summed E-state index contributed by atoms with van der Waals surface area (Å²) in [6.45, 7) is 2.14. The zero-order valence-electron chi connectivity index (χ0n) is 16.5. The Morgan fingerprint density at radius 1 is 1.20 bits per heavy atom. The van der Waals surface area contributed by atoms with Crippen LogP contribution in [0.3, 0.4) is 0 Å². The second-order valence-electron chi connectivity index (χ2n) is 6.27. The normalized spacial score (nSPS) is 10.5. The standard InChI is InChI=1S/C21H21FN4O4/c1-3-30-21(28)19-17(23)12-25-26(19)15-7-4-13(5-8-15)11-24-20(27)16-10-14(22)6-9-18(16)29-2/h4-10,12H,3,11,23H2,1-2H3,(H,24,27). The van der Waals surface area contributed by atoms with Gasteiger partial charge in [-0.25, -0.2) is 13.9 Å². The van der Waals surface area contributed by atoms with Gasteiger partial charge in [-0.1, -0.05) is 12.1 Å². The molecule has 0 unspecified atom stereocenters. The Kier molecular flexibility index (Phi) is 6.31. The lowest BCUT2D eigenvalue weighted by molar-refractivity contribution is 0.0517. The summed E-state index contributed by atoms with van der Waals surface area (Å²) in [5, 5.41) is 6.86. The number of rotatable bonds is 7. The average Bonchev–Trinajstić information content (AvgIpc) is 3.14. The van der Waals surface area contributed by atoms with Crippen molar-refractivity contribution in [1.29, 1.82) is 0 Å². The molecule has 0 atom stereocenters. The van der Waals surface area contributed by atoms with Crippen LogP contribution in [-0.2, 0) is 11.3 Å². The number of carbonyl (C=O) groups is 2. The van der Waals surface area contributed by atoms with Gasteiger partial charge in [0.25, 0.3) is 5.91 Å². The highest BCUT2D eigenvalue weighted by Gasteiger charge is 2.19. The van der Waals surface area contributed by atoms with Crippen LogP contribution in [0, 0.1) is 5.82 Å². The summed E-state index contributed by atoms with van der Waals surface area (Å²) in [4.78, 5) is 24.5. The van der Waals surface area contributed by atoms with Crippen LogP contribution in [0.5, 0.6) is 5.75 Å². The first-order valence-corrected chi connectivity index (χ1v) is 9.16. The monoisotopic (exact) mass is 412 g/mol. The SMILES string of the molecule is CCOC(=O)c1c(N)cnn1-c1ccc(CNC(=O)c2cc(F)ccc2OC)cc1. The summed E-state index contributed by atoms with van der Waals surface area (Å²) in [5.41, 5.74) is 7.72. The molecule has 0 aliphatic rings. The third kappa shape index (κ3) is 4.40. The minimum absolute atomic E-state index is 0.111. The molecule has 8 nitrogen and oxygen atoms in total. The molecule has 0 bridgehead atoms. The minimum Gasteiger partial charge on any atom is -0.496 e. The predicted molar refractivity (Wildman–Crippen MR) is 108 cm³/mol. The molecule has 3 N–H and O–H groups in total. The van der Waals surface area contributed by atoms with E-state index >= 15 is 0 Å². The quantitative estimate of drug-likeness (QED) is 0.578. The lowest BCUT2D eigenvalue weighted by atomic mass is 10.1. The highest BCUT2D eigenvalue weighted by Crippen LogP contribution is 2.20. The Morgan fingerprint density at radius 3 is 2.60 bits per heavy atom. The van der Waals surface area contributed by atoms with E-state index in [1.54, 1.807) is 31.2 Å². The molecule has 3 rings (SSSR count). The molecular formula is C21H21FN4O4. The Labute approximate surface area is 172 Å². The van der Waals surface area contributed by atoms with Gasteiger partial charge < -0.3 is 20.5 Å². The van der Waals surface area contributed by atoms with E-state index in [2.05, 4.69) is 10.4 Å². The van der Waals surface area contributed by atoms with Gasteiger partial charge >= 0.3 is 5.97 Å². The van der Waals surface area contributed by atoms with E-state index in [4.69, 9.17) is 15.2 Å². The number of hydrogen-bond acceptors (Lipinski definition) is 6. The molecule has 0 radical (unpaired) electrons. The molecule has 1 aromatic heterocycles. The first kappa shape index (κ1) is 20.8. The zero-order valence-corrected chi connectivity index (χ0v) is 16.5. The van der Waals surface area contributed by atoms with Crippen LogP contribution >= 0.6 is 0 Å². The molecule has 1 heterocycles. The minimum atomic E-state index is -0.562. The number of nitrogens with one attached hydrogen (secondary N) is 1. The van der Waals surface area contributed by atoms with Crippen molar-refractivity contribution in [2.75, 3.05) is 19.5 Å². The van der Waals surface area contributed by atoms with E-state index in [0.717, 1.165) is 11.6 Å². The number of hydrogen-bond donors (Lipinski definition) is 2. The average molecular weight is 412 g/mol. The maximum Gasteiger partial charge on any atom is 0.359 e. The number of amides is 1. The van der Waals surface area contributed by atoms with Crippen molar-refractivity contribution in [2.45, 2.75) is 13.5 Å². The number of anilines is 1. The fourth-order valence-corrected chi connectivity index (χ4v) is 2.85. The number of benzene rings is 2. The number of ether oxygens (including phenoxy) is 2. The van der Waals surface area contributed by atoms with Crippen molar-refractivity contribution in [2.24, 2.45) is 0 Å². The maximum absolute atomic E-state index is 13.5. The molecule has 2 aromatic carbocycles. The molecule has 9 heteroatoms. The number of halogens is 1. The number of carbonyl (C=O) groups excluding carboxylic acids is 2. The highest BCUT2D eigenvalue weighted by atomic mass is 19.1. The number of esters is 1. The predicted octanol–water partition coefficient (Wildman–Crippen LogP) is 2.71. The fraction of sp³-hybridized carbons (Fsp3) is 0.190. The summed E-state index contributed by atoms with van der Waals surface area (Å²) in [5.74, 6) is -1.26. The zero-order chi connectivity index (χ0) is 21.7. The van der Waals surface area contributed by atoms with Gasteiger partial charge in [-0.3, -0.25) is 4.79 Å². The smallest absolute Gasteiger partial charge is 0.359 e. The van der Waals surface area contributed by atoms with Gasteiger partial charge in [0.05, 0.1) is 36.9 Å². The molecule has 0 fully saturated rings. The molecule has 0 aliphatic heterocycles. The van der Waals surface area contributed by atoms with E-state index in [1.165, 1.54) is 30.1 Å². The van der Waals surface area contributed by atoms with Crippen molar-refractivity contribution >= 4 is 17.6 Å². The van der Waals surface area contributed by atoms with Crippen LogP contribution in [0.2, 0.25) is 0 Å². The number of nitrogen functional groups attached to an aromatic ring is 1. The van der Waals surface area contributed by atoms with Gasteiger partial charge in [-0.15, -0.1) is 0 Å². The molecular weight excluding hydrogens is 391 g/mol. The summed E-state index contributed by atoms with van der Waals surface area (Å²) < 4.78 is 25.0. The van der Waals surface area contributed by atoms with Gasteiger partial charge in [0.15, 0.2) is 5.69 Å². The first-order valence-electron chi connectivity index (χ1n) is 9.16. The Morgan fingerprint density at radius 2 is 1.93 bits per heavy atom. The van der Waals surface area contributed by atoms with E-state index in [-0.39, 0.29) is 35.8 Å². The maximum atomic E-state index is 13.5. The number of aromatic nitrogens is 2. The Balaban J connectivity index is 1.73. The second-order valence-corrected chi connectivity index (χ2v) is 6.27. The van der Waals surface area contributed by atoms with Crippen LogP contribution in [0.4, 0.5) is 10.1 Å². The van der Waals surface area contributed by atoms with Gasteiger partial charge in [0.1, 0.15) is 11.6 Å². The van der Waals surface area contributed by atoms with Crippen molar-refractivity contribution in [1.82, 2.24) is 15.1 Å². The summed E-state index contributed by atoms with van der Waals surface area (Å²) >= 11 is 0. The van der Waals surface area contributed by atoms with E-state index in [0.29, 0.717) is 5.69 Å². The molecule has 0 spiro atoms. The summed E-state index contributed by atoms with van der Waals surface area (Å²) in [7, 11) is 1.41. The van der Waals surface area contributed by atoms with Gasteiger partial charge in [-0.2, -0.15) is 5.10 Å². The van der Waals surface area contributed by atoms with Crippen molar-refractivity contribution in [3.8, 4) is 11.4 Å². The number of methoxy groups -OCH3 is 1. The number of nitrogens with two attached hydrogens (primary N) is 1. The lowest BCUT2D eigenvalue weighted by Crippen LogP contribution is -2.23. The van der Waals surface area contributed by atoms with Crippen LogP contribution in [-0.4, -0.2) is 35.4 Å². The lowest BCUT2D eigenvalue weighted by Gasteiger charge is -2.11. The van der Waals surface area contributed by atoms with Gasteiger partial charge in [0.2, 0.25) is 0 Å². The molecule has 0 saturated heterocycles. The van der Waals surface area contributed by atoms with Crippen LogP contribution in [0.25, 0.3) is 5.69 Å². The van der Waals surface area contributed by atoms with Crippen molar-refractivity contribution in [3.05, 3.63) is 71.3 Å². The van der Waals surface area contributed by atoms with E-state index in [1.807, 2.05) is 0 Å². The largest absolute Gasteiger partial charge is 0.496 e. The van der Waals surface area contributed by atoms with Crippen molar-refractivity contribution in [3.63, 3.8) is 0 Å². The van der Waals surface area contributed by atoms with E-state index < -0.39 is 17.7 Å². The molecule has 1 amide bonds. The molecule has 30 heavy (non-hydrogen) atoms. The van der Waals surface area contributed by atoms with Gasteiger partial charge in [0, 0.05) is 6.54 Å². The van der Waals surface area contributed by atoms with E-state index in [9.17, 15) is 14.0 Å². The molecule has 0 saturated carbocycles. The fourth-order valence-electron chi connectivity index (χ4n) is 2.85.